The molecule has 0 unspecified atom stereocenters. The molecular formula is C11H14FN. The summed E-state index contributed by atoms with van der Waals surface area (Å²) in [6.07, 6.45) is 2.72. The number of hydrogen-bond acceptors (Lipinski definition) is 1. The summed E-state index contributed by atoms with van der Waals surface area (Å²) in [6.45, 7) is 6.29. The van der Waals surface area contributed by atoms with E-state index in [1.54, 1.807) is 0 Å². The summed E-state index contributed by atoms with van der Waals surface area (Å²) < 4.78 is 12.9. The maximum Gasteiger partial charge on any atom is 0.125 e. The van der Waals surface area contributed by atoms with Crippen molar-refractivity contribution in [1.29, 1.82) is 0 Å². The van der Waals surface area contributed by atoms with Crippen LogP contribution in [-0.2, 0) is 0 Å². The van der Waals surface area contributed by atoms with Gasteiger partial charge >= 0.3 is 0 Å². The molecule has 0 aliphatic carbocycles. The first-order valence-corrected chi connectivity index (χ1v) is 4.34. The van der Waals surface area contributed by atoms with Crippen molar-refractivity contribution in [3.63, 3.8) is 0 Å². The molecule has 1 rings (SSSR count). The van der Waals surface area contributed by atoms with E-state index in [9.17, 15) is 4.39 Å². The molecule has 0 aliphatic heterocycles. The van der Waals surface area contributed by atoms with Crippen LogP contribution in [0, 0.1) is 12.7 Å². The van der Waals surface area contributed by atoms with Crippen LogP contribution in [0.25, 0.3) is 0 Å². The van der Waals surface area contributed by atoms with E-state index < -0.39 is 0 Å². The highest BCUT2D eigenvalue weighted by atomic mass is 19.1. The van der Waals surface area contributed by atoms with Gasteiger partial charge in [0, 0.05) is 12.2 Å². The summed E-state index contributed by atoms with van der Waals surface area (Å²) in [7, 11) is 0. The van der Waals surface area contributed by atoms with E-state index in [4.69, 9.17) is 0 Å². The molecule has 0 saturated carbocycles. The van der Waals surface area contributed by atoms with Crippen LogP contribution in [0.5, 0.6) is 0 Å². The molecule has 0 bridgehead atoms. The first-order chi connectivity index (χ1) is 6.22. The summed E-state index contributed by atoms with van der Waals surface area (Å²) in [5, 5.41) is 3.12. The number of rotatable bonds is 4. The van der Waals surface area contributed by atoms with E-state index in [1.165, 1.54) is 12.1 Å². The standard InChI is InChI=1S/C11H14FN/c1-3-4-5-13-11-7-9(2)6-10(12)8-11/h3,6-8,13H,1,4-5H2,2H3. The van der Waals surface area contributed by atoms with Crippen molar-refractivity contribution in [1.82, 2.24) is 0 Å². The normalized spacial score (nSPS) is 9.69. The van der Waals surface area contributed by atoms with Gasteiger partial charge in [-0.3, -0.25) is 0 Å². The fraction of sp³-hybridized carbons (Fsp3) is 0.273. The molecule has 13 heavy (non-hydrogen) atoms. The third-order valence-corrected chi connectivity index (χ3v) is 1.72. The van der Waals surface area contributed by atoms with E-state index in [2.05, 4.69) is 11.9 Å². The van der Waals surface area contributed by atoms with Crippen molar-refractivity contribution in [3.05, 3.63) is 42.2 Å². The number of halogens is 1. The Labute approximate surface area is 78.3 Å². The summed E-state index contributed by atoms with van der Waals surface area (Å²) in [6, 6.07) is 4.93. The molecule has 0 amide bonds. The second kappa shape index (κ2) is 4.65. The molecule has 0 fully saturated rings. The van der Waals surface area contributed by atoms with Gasteiger partial charge in [-0.25, -0.2) is 4.39 Å². The zero-order chi connectivity index (χ0) is 9.68. The number of aryl methyl sites for hydroxylation is 1. The van der Waals surface area contributed by atoms with Crippen LogP contribution in [-0.4, -0.2) is 6.54 Å². The zero-order valence-corrected chi connectivity index (χ0v) is 7.81. The Morgan fingerprint density at radius 1 is 1.46 bits per heavy atom. The quantitative estimate of drug-likeness (QED) is 0.553. The topological polar surface area (TPSA) is 12.0 Å². The summed E-state index contributed by atoms with van der Waals surface area (Å²) >= 11 is 0. The van der Waals surface area contributed by atoms with Crippen LogP contribution in [0.15, 0.2) is 30.9 Å². The molecule has 0 radical (unpaired) electrons. The van der Waals surface area contributed by atoms with Gasteiger partial charge in [-0.2, -0.15) is 0 Å². The van der Waals surface area contributed by atoms with Crippen molar-refractivity contribution >= 4 is 5.69 Å². The highest BCUT2D eigenvalue weighted by Gasteiger charge is 1.95. The van der Waals surface area contributed by atoms with Gasteiger partial charge in [-0.1, -0.05) is 6.08 Å². The maximum absolute atomic E-state index is 12.9. The van der Waals surface area contributed by atoms with E-state index in [1.807, 2.05) is 19.1 Å². The van der Waals surface area contributed by atoms with Crippen molar-refractivity contribution < 1.29 is 4.39 Å². The van der Waals surface area contributed by atoms with Gasteiger partial charge in [0.25, 0.3) is 0 Å². The molecule has 1 nitrogen and oxygen atoms in total. The third kappa shape index (κ3) is 3.28. The van der Waals surface area contributed by atoms with E-state index >= 15 is 0 Å². The number of nitrogens with one attached hydrogen (secondary N) is 1. The van der Waals surface area contributed by atoms with Gasteiger partial charge in [-0.15, -0.1) is 6.58 Å². The molecule has 1 N–H and O–H groups in total. The maximum atomic E-state index is 12.9. The van der Waals surface area contributed by atoms with Gasteiger partial charge in [0.15, 0.2) is 0 Å². The smallest absolute Gasteiger partial charge is 0.125 e. The second-order valence-electron chi connectivity index (χ2n) is 3.02. The van der Waals surface area contributed by atoms with Gasteiger partial charge in [0.2, 0.25) is 0 Å². The highest BCUT2D eigenvalue weighted by Crippen LogP contribution is 2.12. The van der Waals surface area contributed by atoms with Gasteiger partial charge < -0.3 is 5.32 Å². The Morgan fingerprint density at radius 3 is 2.85 bits per heavy atom. The Bertz CT molecular complexity index is 274. The van der Waals surface area contributed by atoms with E-state index in [0.29, 0.717) is 0 Å². The van der Waals surface area contributed by atoms with Crippen molar-refractivity contribution in [3.8, 4) is 0 Å². The molecule has 0 aromatic heterocycles. The summed E-state index contributed by atoms with van der Waals surface area (Å²) in [5.74, 6) is -0.193. The first-order valence-electron chi connectivity index (χ1n) is 4.34. The average Bonchev–Trinajstić information content (AvgIpc) is 2.03. The second-order valence-corrected chi connectivity index (χ2v) is 3.02. The van der Waals surface area contributed by atoms with Crippen LogP contribution < -0.4 is 5.32 Å². The van der Waals surface area contributed by atoms with Crippen molar-refractivity contribution in [2.24, 2.45) is 0 Å². The number of anilines is 1. The lowest BCUT2D eigenvalue weighted by molar-refractivity contribution is 0.627. The molecule has 0 spiro atoms. The van der Waals surface area contributed by atoms with Crippen LogP contribution in [0.2, 0.25) is 0 Å². The van der Waals surface area contributed by atoms with Gasteiger partial charge in [-0.05, 0) is 37.1 Å². The van der Waals surface area contributed by atoms with Crippen LogP contribution >= 0.6 is 0 Å². The third-order valence-electron chi connectivity index (χ3n) is 1.72. The lowest BCUT2D eigenvalue weighted by Crippen LogP contribution is -2.00. The molecule has 0 saturated heterocycles. The Balaban J connectivity index is 2.60. The minimum absolute atomic E-state index is 0.193. The summed E-state index contributed by atoms with van der Waals surface area (Å²) in [4.78, 5) is 0. The van der Waals surface area contributed by atoms with Crippen molar-refractivity contribution in [2.75, 3.05) is 11.9 Å². The fourth-order valence-electron chi connectivity index (χ4n) is 1.16. The highest BCUT2D eigenvalue weighted by molar-refractivity contribution is 5.45. The summed E-state index contributed by atoms with van der Waals surface area (Å²) in [5.41, 5.74) is 1.76. The average molecular weight is 179 g/mol. The molecule has 0 heterocycles. The molecule has 2 heteroatoms. The lowest BCUT2D eigenvalue weighted by atomic mass is 10.2. The molecular weight excluding hydrogens is 165 g/mol. The Hall–Kier alpha value is -1.31. The van der Waals surface area contributed by atoms with Gasteiger partial charge in [0.1, 0.15) is 5.82 Å². The lowest BCUT2D eigenvalue weighted by Gasteiger charge is -2.05. The monoisotopic (exact) mass is 179 g/mol. The zero-order valence-electron chi connectivity index (χ0n) is 7.81. The van der Waals surface area contributed by atoms with E-state index in [0.717, 1.165) is 24.2 Å². The van der Waals surface area contributed by atoms with Crippen LogP contribution in [0.4, 0.5) is 10.1 Å². The minimum Gasteiger partial charge on any atom is -0.385 e. The van der Waals surface area contributed by atoms with Crippen LogP contribution in [0.1, 0.15) is 12.0 Å². The van der Waals surface area contributed by atoms with E-state index in [-0.39, 0.29) is 5.82 Å². The largest absolute Gasteiger partial charge is 0.385 e. The van der Waals surface area contributed by atoms with Gasteiger partial charge in [0.05, 0.1) is 0 Å². The van der Waals surface area contributed by atoms with Crippen molar-refractivity contribution in [2.45, 2.75) is 13.3 Å². The van der Waals surface area contributed by atoms with Crippen LogP contribution in [0.3, 0.4) is 0 Å². The number of hydrogen-bond donors (Lipinski definition) is 1. The molecule has 0 atom stereocenters. The first kappa shape index (κ1) is 9.78. The minimum atomic E-state index is -0.193. The Morgan fingerprint density at radius 2 is 2.23 bits per heavy atom. The predicted octanol–water partition coefficient (Wildman–Crippen LogP) is 3.12. The predicted molar refractivity (Wildman–Crippen MR) is 54.4 cm³/mol. The molecule has 1 aromatic carbocycles. The fourth-order valence-corrected chi connectivity index (χ4v) is 1.16. The number of benzene rings is 1. The molecule has 0 aliphatic rings. The molecule has 1 aromatic rings. The Kier molecular flexibility index (Phi) is 3.50. The molecule has 70 valence electrons. The SMILES string of the molecule is C=CCCNc1cc(C)cc(F)c1.